The average molecular weight is 480 g/mol. The number of hydrogen-bond acceptors (Lipinski definition) is 5. The second-order valence-corrected chi connectivity index (χ2v) is 12.1. The number of hydrogen-bond donors (Lipinski definition) is 2. The molecule has 2 fully saturated rings. The Hall–Kier alpha value is -1.85. The second kappa shape index (κ2) is 12.6. The number of carbonyl (C=O) groups is 2. The topological polar surface area (TPSA) is 102 Å². The number of carbonyl (C=O) groups excluding carboxylic acids is 2. The van der Waals surface area contributed by atoms with Crippen LogP contribution in [-0.2, 0) is 25.4 Å². The van der Waals surface area contributed by atoms with Gasteiger partial charge in [0, 0.05) is 12.2 Å². The first-order chi connectivity index (χ1) is 15.9. The van der Waals surface area contributed by atoms with Gasteiger partial charge in [0.25, 0.3) is 0 Å². The Morgan fingerprint density at radius 2 is 1.73 bits per heavy atom. The van der Waals surface area contributed by atoms with Gasteiger partial charge < -0.3 is 19.7 Å². The van der Waals surface area contributed by atoms with Crippen molar-refractivity contribution in [3.63, 3.8) is 0 Å². The number of rotatable bonds is 9. The van der Waals surface area contributed by atoms with Gasteiger partial charge in [0.15, 0.2) is 0 Å². The van der Waals surface area contributed by atoms with Gasteiger partial charge in [0.2, 0.25) is 7.37 Å². The third kappa shape index (κ3) is 7.86. The van der Waals surface area contributed by atoms with Gasteiger partial charge in [-0.15, -0.1) is 0 Å². The summed E-state index contributed by atoms with van der Waals surface area (Å²) in [6.45, 7) is 0.145. The third-order valence-corrected chi connectivity index (χ3v) is 9.74. The molecule has 4 atom stereocenters. The van der Waals surface area contributed by atoms with Gasteiger partial charge >= 0.3 is 12.1 Å². The van der Waals surface area contributed by atoms with Gasteiger partial charge in [-0.05, 0) is 30.7 Å². The molecule has 0 aliphatic heterocycles. The molecule has 2 aliphatic rings. The molecule has 2 saturated carbocycles. The highest BCUT2D eigenvalue weighted by Gasteiger charge is 2.43. The van der Waals surface area contributed by atoms with Crippen LogP contribution in [0, 0.1) is 11.8 Å². The van der Waals surface area contributed by atoms with E-state index in [1.807, 2.05) is 30.3 Å². The van der Waals surface area contributed by atoms with Gasteiger partial charge in [-0.2, -0.15) is 0 Å². The molecule has 0 saturated heterocycles. The van der Waals surface area contributed by atoms with Crippen LogP contribution in [0.1, 0.15) is 69.8 Å². The predicted octanol–water partition coefficient (Wildman–Crippen LogP) is 5.25. The normalized spacial score (nSPS) is 24.3. The van der Waals surface area contributed by atoms with Crippen molar-refractivity contribution in [2.45, 2.75) is 82.5 Å². The van der Waals surface area contributed by atoms with Crippen LogP contribution in [0.3, 0.4) is 0 Å². The summed E-state index contributed by atoms with van der Waals surface area (Å²) in [6, 6.07) is 8.95. The Morgan fingerprint density at radius 3 is 2.42 bits per heavy atom. The maximum Gasteiger partial charge on any atom is 0.407 e. The molecule has 0 bridgehead atoms. The fourth-order valence-corrected chi connectivity index (χ4v) is 7.94. The molecule has 8 heteroatoms. The summed E-state index contributed by atoms with van der Waals surface area (Å²) in [6.07, 6.45) is 8.45. The van der Waals surface area contributed by atoms with Gasteiger partial charge in [-0.25, -0.2) is 4.79 Å². The van der Waals surface area contributed by atoms with E-state index in [1.165, 1.54) is 13.5 Å². The maximum absolute atomic E-state index is 13.6. The van der Waals surface area contributed by atoms with Gasteiger partial charge in [-0.3, -0.25) is 9.36 Å². The fraction of sp³-hybridized carbons (Fsp3) is 0.680. The first kappa shape index (κ1) is 25.8. The molecule has 0 radical (unpaired) electrons. The number of nitrogens with one attached hydrogen (secondary N) is 1. The quantitative estimate of drug-likeness (QED) is 0.370. The molecule has 2 aliphatic carbocycles. The fourth-order valence-electron chi connectivity index (χ4n) is 5.37. The Morgan fingerprint density at radius 1 is 1.06 bits per heavy atom. The van der Waals surface area contributed by atoms with Crippen LogP contribution in [0.4, 0.5) is 4.79 Å². The van der Waals surface area contributed by atoms with Crippen LogP contribution >= 0.6 is 7.37 Å². The lowest BCUT2D eigenvalue weighted by atomic mass is 9.83. The minimum absolute atomic E-state index is 0.0852. The SMILES string of the molecule is COC(=O)C(CC1CCCCC1)CP(=O)(O)C1CCCCC1NC(=O)OCc1ccccc1. The van der Waals surface area contributed by atoms with E-state index >= 15 is 0 Å². The third-order valence-electron chi connectivity index (χ3n) is 7.12. The monoisotopic (exact) mass is 479 g/mol. The first-order valence-electron chi connectivity index (χ1n) is 12.3. The minimum Gasteiger partial charge on any atom is -0.469 e. The number of benzene rings is 1. The summed E-state index contributed by atoms with van der Waals surface area (Å²) in [5.41, 5.74) is 0.304. The molecule has 0 spiro atoms. The van der Waals surface area contributed by atoms with Crippen molar-refractivity contribution in [3.05, 3.63) is 35.9 Å². The second-order valence-electron chi connectivity index (χ2n) is 9.56. The highest BCUT2D eigenvalue weighted by Crippen LogP contribution is 2.54. The van der Waals surface area contributed by atoms with E-state index in [0.717, 1.165) is 44.1 Å². The lowest BCUT2D eigenvalue weighted by molar-refractivity contribution is -0.145. The van der Waals surface area contributed by atoms with Gasteiger partial charge in [0.1, 0.15) is 6.61 Å². The summed E-state index contributed by atoms with van der Waals surface area (Å²) in [7, 11) is -2.38. The Kier molecular flexibility index (Phi) is 9.81. The molecular formula is C25H38NO6P. The van der Waals surface area contributed by atoms with Crippen LogP contribution in [-0.4, -0.2) is 41.9 Å². The van der Waals surface area contributed by atoms with E-state index in [0.29, 0.717) is 25.2 Å². The van der Waals surface area contributed by atoms with Crippen molar-refractivity contribution in [2.75, 3.05) is 13.3 Å². The smallest absolute Gasteiger partial charge is 0.407 e. The predicted molar refractivity (Wildman–Crippen MR) is 127 cm³/mol. The minimum atomic E-state index is -3.72. The zero-order valence-electron chi connectivity index (χ0n) is 19.6. The average Bonchev–Trinajstić information content (AvgIpc) is 2.83. The molecule has 1 aromatic carbocycles. The summed E-state index contributed by atoms with van der Waals surface area (Å²) in [5.74, 6) is -0.588. The molecule has 2 N–H and O–H groups in total. The van der Waals surface area contributed by atoms with E-state index in [4.69, 9.17) is 9.47 Å². The van der Waals surface area contributed by atoms with E-state index in [-0.39, 0.29) is 12.8 Å². The van der Waals surface area contributed by atoms with Crippen molar-refractivity contribution in [1.29, 1.82) is 0 Å². The Labute approximate surface area is 197 Å². The first-order valence-corrected chi connectivity index (χ1v) is 14.2. The zero-order valence-corrected chi connectivity index (χ0v) is 20.5. The van der Waals surface area contributed by atoms with Crippen LogP contribution in [0.2, 0.25) is 0 Å². The molecule has 0 heterocycles. The van der Waals surface area contributed by atoms with Crippen molar-refractivity contribution >= 4 is 19.4 Å². The molecule has 33 heavy (non-hydrogen) atoms. The summed E-state index contributed by atoms with van der Waals surface area (Å²) >= 11 is 0. The largest absolute Gasteiger partial charge is 0.469 e. The van der Waals surface area contributed by atoms with Crippen molar-refractivity contribution < 1.29 is 28.5 Å². The van der Waals surface area contributed by atoms with Crippen LogP contribution in [0.25, 0.3) is 0 Å². The highest BCUT2D eigenvalue weighted by molar-refractivity contribution is 7.58. The molecule has 1 aromatic rings. The van der Waals surface area contributed by atoms with Crippen molar-refractivity contribution in [1.82, 2.24) is 5.32 Å². The van der Waals surface area contributed by atoms with Crippen molar-refractivity contribution in [2.24, 2.45) is 11.8 Å². The molecule has 4 unspecified atom stereocenters. The van der Waals surface area contributed by atoms with E-state index < -0.39 is 37.1 Å². The zero-order chi connectivity index (χ0) is 23.7. The van der Waals surface area contributed by atoms with Crippen LogP contribution in [0.15, 0.2) is 30.3 Å². The standard InChI is InChI=1S/C25H38NO6P/c1-31-24(27)21(16-19-10-4-2-5-11-19)18-33(29,30)23-15-9-8-14-22(23)26-25(28)32-17-20-12-6-3-7-13-20/h3,6-7,12-13,19,21-23H,2,4-5,8-11,14-18H2,1H3,(H,26,28)(H,29,30). The number of alkyl carbamates (subject to hydrolysis) is 1. The van der Waals surface area contributed by atoms with E-state index in [1.54, 1.807) is 0 Å². The number of methoxy groups -OCH3 is 1. The molecular weight excluding hydrogens is 441 g/mol. The Bertz CT molecular complexity index is 810. The lowest BCUT2D eigenvalue weighted by Gasteiger charge is -2.36. The molecule has 1 amide bonds. The van der Waals surface area contributed by atoms with Gasteiger partial charge in [0.05, 0.1) is 18.7 Å². The summed E-state index contributed by atoms with van der Waals surface area (Å²) in [5, 5.41) is 2.83. The van der Waals surface area contributed by atoms with Gasteiger partial charge in [-0.1, -0.05) is 75.3 Å². The summed E-state index contributed by atoms with van der Waals surface area (Å²) < 4.78 is 23.9. The molecule has 3 rings (SSSR count). The number of ether oxygens (including phenoxy) is 2. The summed E-state index contributed by atoms with van der Waals surface area (Å²) in [4.78, 5) is 36.0. The molecule has 7 nitrogen and oxygen atoms in total. The lowest BCUT2D eigenvalue weighted by Crippen LogP contribution is -2.46. The number of amides is 1. The highest BCUT2D eigenvalue weighted by atomic mass is 31.2. The molecule has 184 valence electrons. The maximum atomic E-state index is 13.6. The van der Waals surface area contributed by atoms with E-state index in [2.05, 4.69) is 5.32 Å². The Balaban J connectivity index is 1.61. The molecule has 0 aromatic heterocycles. The number of esters is 1. The van der Waals surface area contributed by atoms with Crippen molar-refractivity contribution in [3.8, 4) is 0 Å². The van der Waals surface area contributed by atoms with Crippen LogP contribution in [0.5, 0.6) is 0 Å². The van der Waals surface area contributed by atoms with E-state index in [9.17, 15) is 19.0 Å². The van der Waals surface area contributed by atoms with Crippen LogP contribution < -0.4 is 5.32 Å².